The van der Waals surface area contributed by atoms with E-state index in [1.165, 1.54) is 51.9 Å². The molecule has 0 aromatic rings. The maximum absolute atomic E-state index is 3.61. The van der Waals surface area contributed by atoms with Crippen molar-refractivity contribution in [2.75, 3.05) is 39.8 Å². The van der Waals surface area contributed by atoms with Gasteiger partial charge in [-0.1, -0.05) is 6.92 Å². The van der Waals surface area contributed by atoms with E-state index in [0.29, 0.717) is 6.04 Å². The Kier molecular flexibility index (Phi) is 5.46. The molecule has 2 aliphatic rings. The van der Waals surface area contributed by atoms with E-state index in [4.69, 9.17) is 0 Å². The predicted molar refractivity (Wildman–Crippen MR) is 78.0 cm³/mol. The van der Waals surface area contributed by atoms with Gasteiger partial charge < -0.3 is 15.1 Å². The van der Waals surface area contributed by atoms with Crippen LogP contribution in [0.15, 0.2) is 0 Å². The van der Waals surface area contributed by atoms with Crippen LogP contribution in [0.2, 0.25) is 0 Å². The zero-order valence-electron chi connectivity index (χ0n) is 12.5. The molecule has 2 aliphatic heterocycles. The fourth-order valence-corrected chi connectivity index (χ4v) is 3.74. The van der Waals surface area contributed by atoms with Gasteiger partial charge in [-0.2, -0.15) is 0 Å². The van der Waals surface area contributed by atoms with Crippen LogP contribution in [0.3, 0.4) is 0 Å². The zero-order chi connectivity index (χ0) is 13.0. The molecule has 3 unspecified atom stereocenters. The maximum Gasteiger partial charge on any atom is 0.0166 e. The number of likely N-dealkylation sites (tertiary alicyclic amines) is 2. The maximum atomic E-state index is 3.61. The number of fused-ring (bicyclic) bond motifs is 1. The van der Waals surface area contributed by atoms with Gasteiger partial charge in [0, 0.05) is 25.2 Å². The van der Waals surface area contributed by atoms with Crippen LogP contribution in [0, 0.1) is 5.92 Å². The molecule has 2 fully saturated rings. The third-order valence-electron chi connectivity index (χ3n) is 4.70. The molecule has 0 aliphatic carbocycles. The smallest absolute Gasteiger partial charge is 0.0166 e. The van der Waals surface area contributed by atoms with Crippen LogP contribution in [0.5, 0.6) is 0 Å². The van der Waals surface area contributed by atoms with Crippen molar-refractivity contribution in [1.82, 2.24) is 15.1 Å². The topological polar surface area (TPSA) is 18.5 Å². The zero-order valence-corrected chi connectivity index (χ0v) is 12.5. The third-order valence-corrected chi connectivity index (χ3v) is 4.70. The number of nitrogens with zero attached hydrogens (tertiary/aromatic N) is 2. The molecule has 2 saturated heterocycles. The van der Waals surface area contributed by atoms with E-state index in [0.717, 1.165) is 18.5 Å². The van der Waals surface area contributed by atoms with E-state index in [-0.39, 0.29) is 0 Å². The van der Waals surface area contributed by atoms with E-state index in [1.807, 2.05) is 0 Å². The summed E-state index contributed by atoms with van der Waals surface area (Å²) in [6.45, 7) is 10.9. The fraction of sp³-hybridized carbons (Fsp3) is 1.00. The molecule has 0 bridgehead atoms. The summed E-state index contributed by atoms with van der Waals surface area (Å²) < 4.78 is 0. The average Bonchev–Trinajstić information content (AvgIpc) is 2.36. The van der Waals surface area contributed by atoms with E-state index in [9.17, 15) is 0 Å². The van der Waals surface area contributed by atoms with Gasteiger partial charge in [0.25, 0.3) is 0 Å². The quantitative estimate of drug-likeness (QED) is 0.806. The lowest BCUT2D eigenvalue weighted by atomic mass is 9.84. The fourth-order valence-electron chi connectivity index (χ4n) is 3.74. The van der Waals surface area contributed by atoms with Crippen LogP contribution in [-0.4, -0.2) is 61.7 Å². The third kappa shape index (κ3) is 3.69. The summed E-state index contributed by atoms with van der Waals surface area (Å²) in [5.41, 5.74) is 0. The standard InChI is InChI=1S/C15H31N3/c1-4-8-16-13(2)11-18-10-7-15-14(12-18)6-5-9-17(15)3/h13-16H,4-12H2,1-3H3. The Morgan fingerprint density at radius 3 is 2.89 bits per heavy atom. The second-order valence-electron chi connectivity index (χ2n) is 6.35. The van der Waals surface area contributed by atoms with Gasteiger partial charge in [-0.25, -0.2) is 0 Å². The summed E-state index contributed by atoms with van der Waals surface area (Å²) in [6, 6.07) is 1.51. The minimum Gasteiger partial charge on any atom is -0.313 e. The van der Waals surface area contributed by atoms with E-state index in [2.05, 4.69) is 36.0 Å². The summed E-state index contributed by atoms with van der Waals surface area (Å²) in [7, 11) is 2.32. The van der Waals surface area contributed by atoms with E-state index in [1.54, 1.807) is 0 Å². The number of hydrogen-bond acceptors (Lipinski definition) is 3. The van der Waals surface area contributed by atoms with Crippen LogP contribution in [0.25, 0.3) is 0 Å². The van der Waals surface area contributed by atoms with Crippen molar-refractivity contribution in [1.29, 1.82) is 0 Å². The van der Waals surface area contributed by atoms with Crippen molar-refractivity contribution in [2.24, 2.45) is 5.92 Å². The van der Waals surface area contributed by atoms with E-state index < -0.39 is 0 Å². The van der Waals surface area contributed by atoms with Gasteiger partial charge in [-0.05, 0) is 65.2 Å². The number of piperidine rings is 2. The molecule has 106 valence electrons. The molecule has 0 amide bonds. The first kappa shape index (κ1) is 14.3. The summed E-state index contributed by atoms with van der Waals surface area (Å²) in [5, 5.41) is 3.61. The predicted octanol–water partition coefficient (Wildman–Crippen LogP) is 1.79. The normalized spacial score (nSPS) is 32.2. The van der Waals surface area contributed by atoms with Crippen LogP contribution in [0.1, 0.15) is 39.5 Å². The molecule has 3 heteroatoms. The van der Waals surface area contributed by atoms with Gasteiger partial charge in [0.05, 0.1) is 0 Å². The van der Waals surface area contributed by atoms with Crippen LogP contribution < -0.4 is 5.32 Å². The van der Waals surface area contributed by atoms with Crippen molar-refractivity contribution in [3.63, 3.8) is 0 Å². The molecular weight excluding hydrogens is 222 g/mol. The highest BCUT2D eigenvalue weighted by Gasteiger charge is 2.34. The lowest BCUT2D eigenvalue weighted by molar-refractivity contribution is 0.0357. The molecule has 3 atom stereocenters. The van der Waals surface area contributed by atoms with E-state index >= 15 is 0 Å². The first-order valence-electron chi connectivity index (χ1n) is 7.86. The molecule has 0 aromatic carbocycles. The largest absolute Gasteiger partial charge is 0.313 e. The van der Waals surface area contributed by atoms with Crippen LogP contribution >= 0.6 is 0 Å². The Morgan fingerprint density at radius 2 is 2.11 bits per heavy atom. The van der Waals surface area contributed by atoms with Gasteiger partial charge in [-0.15, -0.1) is 0 Å². The molecule has 2 heterocycles. The molecule has 0 saturated carbocycles. The number of hydrogen-bond donors (Lipinski definition) is 1. The van der Waals surface area contributed by atoms with Gasteiger partial charge in [0.1, 0.15) is 0 Å². The lowest BCUT2D eigenvalue weighted by Crippen LogP contribution is -2.54. The Hall–Kier alpha value is -0.120. The average molecular weight is 253 g/mol. The minimum atomic E-state index is 0.642. The van der Waals surface area contributed by atoms with Crippen LogP contribution in [-0.2, 0) is 0 Å². The minimum absolute atomic E-state index is 0.642. The summed E-state index contributed by atoms with van der Waals surface area (Å²) in [6.07, 6.45) is 5.46. The molecule has 0 radical (unpaired) electrons. The number of rotatable bonds is 5. The van der Waals surface area contributed by atoms with Crippen molar-refractivity contribution < 1.29 is 0 Å². The molecule has 0 spiro atoms. The monoisotopic (exact) mass is 253 g/mol. The molecule has 18 heavy (non-hydrogen) atoms. The summed E-state index contributed by atoms with van der Waals surface area (Å²) in [4.78, 5) is 5.29. The SMILES string of the molecule is CCCNC(C)CN1CCC2C(CCCN2C)C1. The summed E-state index contributed by atoms with van der Waals surface area (Å²) >= 11 is 0. The van der Waals surface area contributed by atoms with Gasteiger partial charge >= 0.3 is 0 Å². The van der Waals surface area contributed by atoms with Crippen molar-refractivity contribution in [2.45, 2.75) is 51.6 Å². The number of nitrogens with one attached hydrogen (secondary N) is 1. The molecule has 2 rings (SSSR count). The highest BCUT2D eigenvalue weighted by molar-refractivity contribution is 4.89. The van der Waals surface area contributed by atoms with Crippen molar-refractivity contribution in [3.8, 4) is 0 Å². The molecule has 3 nitrogen and oxygen atoms in total. The first-order chi connectivity index (χ1) is 8.70. The second kappa shape index (κ2) is 6.88. The molecule has 1 N–H and O–H groups in total. The van der Waals surface area contributed by atoms with Gasteiger partial charge in [0.2, 0.25) is 0 Å². The van der Waals surface area contributed by atoms with Crippen molar-refractivity contribution in [3.05, 3.63) is 0 Å². The Labute approximate surface area is 113 Å². The highest BCUT2D eigenvalue weighted by atomic mass is 15.2. The second-order valence-corrected chi connectivity index (χ2v) is 6.35. The summed E-state index contributed by atoms with van der Waals surface area (Å²) in [5.74, 6) is 0.927. The van der Waals surface area contributed by atoms with Crippen molar-refractivity contribution >= 4 is 0 Å². The Bertz CT molecular complexity index is 244. The highest BCUT2D eigenvalue weighted by Crippen LogP contribution is 2.29. The molecular formula is C15H31N3. The Balaban J connectivity index is 1.76. The first-order valence-corrected chi connectivity index (χ1v) is 7.86. The molecule has 0 aromatic heterocycles. The van der Waals surface area contributed by atoms with Gasteiger partial charge in [0.15, 0.2) is 0 Å². The van der Waals surface area contributed by atoms with Crippen LogP contribution in [0.4, 0.5) is 0 Å². The Morgan fingerprint density at radius 1 is 1.28 bits per heavy atom. The lowest BCUT2D eigenvalue weighted by Gasteiger charge is -2.46. The van der Waals surface area contributed by atoms with Gasteiger partial charge in [-0.3, -0.25) is 0 Å².